The van der Waals surface area contributed by atoms with Crippen molar-refractivity contribution in [3.63, 3.8) is 0 Å². The maximum Gasteiger partial charge on any atom is 0.310 e. The zero-order chi connectivity index (χ0) is 11.1. The van der Waals surface area contributed by atoms with Crippen molar-refractivity contribution in [3.8, 4) is 0 Å². The Kier molecular flexibility index (Phi) is 2.03. The van der Waals surface area contributed by atoms with Crippen molar-refractivity contribution in [1.82, 2.24) is 10.6 Å². The van der Waals surface area contributed by atoms with Gasteiger partial charge in [0.15, 0.2) is 0 Å². The van der Waals surface area contributed by atoms with E-state index in [2.05, 4.69) is 10.6 Å². The first-order chi connectivity index (χ1) is 7.01. The third kappa shape index (κ3) is 1.60. The number of aryl methyl sites for hydroxylation is 1. The minimum atomic E-state index is -0.654. The standard InChI is InChI=1S/C10H12N2O3/c1-6-3-4-7(15-6)10(2)5-11-8(13)9(14)12-10/h3-4H,5H2,1-2H3,(H,11,13)(H,12,14). The predicted octanol–water partition coefficient (Wildman–Crippen LogP) is 0.0492. The lowest BCUT2D eigenvalue weighted by atomic mass is 9.97. The summed E-state index contributed by atoms with van der Waals surface area (Å²) in [5.41, 5.74) is -0.654. The molecule has 5 heteroatoms. The van der Waals surface area contributed by atoms with E-state index in [0.29, 0.717) is 12.3 Å². The fourth-order valence-corrected chi connectivity index (χ4v) is 1.57. The fraction of sp³-hybridized carbons (Fsp3) is 0.400. The Hall–Kier alpha value is -1.78. The van der Waals surface area contributed by atoms with Crippen LogP contribution in [0.25, 0.3) is 0 Å². The van der Waals surface area contributed by atoms with Crippen molar-refractivity contribution in [2.45, 2.75) is 19.4 Å². The first-order valence-electron chi connectivity index (χ1n) is 4.68. The molecule has 0 saturated carbocycles. The van der Waals surface area contributed by atoms with Gasteiger partial charge in [-0.1, -0.05) is 0 Å². The molecular formula is C10H12N2O3. The van der Waals surface area contributed by atoms with Crippen molar-refractivity contribution in [2.75, 3.05) is 6.54 Å². The zero-order valence-electron chi connectivity index (χ0n) is 8.59. The van der Waals surface area contributed by atoms with Gasteiger partial charge < -0.3 is 15.1 Å². The molecule has 1 aliphatic heterocycles. The Bertz CT molecular complexity index is 424. The first kappa shape index (κ1) is 9.76. The van der Waals surface area contributed by atoms with Crippen molar-refractivity contribution in [1.29, 1.82) is 0 Å². The summed E-state index contributed by atoms with van der Waals surface area (Å²) in [7, 11) is 0. The van der Waals surface area contributed by atoms with E-state index in [9.17, 15) is 9.59 Å². The number of furan rings is 1. The van der Waals surface area contributed by atoms with E-state index in [-0.39, 0.29) is 0 Å². The van der Waals surface area contributed by atoms with Crippen molar-refractivity contribution in [2.24, 2.45) is 0 Å². The number of carbonyl (C=O) groups excluding carboxylic acids is 2. The second-order valence-corrected chi connectivity index (χ2v) is 3.88. The number of carbonyl (C=O) groups is 2. The van der Waals surface area contributed by atoms with Gasteiger partial charge in [-0.3, -0.25) is 9.59 Å². The smallest absolute Gasteiger partial charge is 0.310 e. The molecule has 1 aliphatic rings. The van der Waals surface area contributed by atoms with Gasteiger partial charge >= 0.3 is 11.8 Å². The molecule has 15 heavy (non-hydrogen) atoms. The maximum absolute atomic E-state index is 11.2. The van der Waals surface area contributed by atoms with Crippen LogP contribution in [-0.2, 0) is 15.1 Å². The summed E-state index contributed by atoms with van der Waals surface area (Å²) in [5, 5.41) is 5.15. The van der Waals surface area contributed by atoms with Gasteiger partial charge in [-0.15, -0.1) is 0 Å². The average Bonchev–Trinajstić information content (AvgIpc) is 2.60. The molecular weight excluding hydrogens is 196 g/mol. The quantitative estimate of drug-likeness (QED) is 0.640. The second kappa shape index (κ2) is 3.12. The third-order valence-electron chi connectivity index (χ3n) is 2.48. The van der Waals surface area contributed by atoms with E-state index in [1.165, 1.54) is 0 Å². The predicted molar refractivity (Wildman–Crippen MR) is 51.9 cm³/mol. The van der Waals surface area contributed by atoms with E-state index in [1.54, 1.807) is 6.07 Å². The minimum absolute atomic E-state index is 0.338. The SMILES string of the molecule is Cc1ccc(C2(C)CNC(=O)C(=O)N2)o1. The number of nitrogens with one attached hydrogen (secondary N) is 2. The highest BCUT2D eigenvalue weighted by Gasteiger charge is 2.38. The van der Waals surface area contributed by atoms with Gasteiger partial charge in [0.05, 0.1) is 0 Å². The average molecular weight is 208 g/mol. The number of amides is 2. The monoisotopic (exact) mass is 208 g/mol. The topological polar surface area (TPSA) is 71.3 Å². The highest BCUT2D eigenvalue weighted by atomic mass is 16.3. The Balaban J connectivity index is 2.28. The minimum Gasteiger partial charge on any atom is -0.464 e. The summed E-state index contributed by atoms with van der Waals surface area (Å²) in [5.74, 6) is 0.194. The van der Waals surface area contributed by atoms with Crippen LogP contribution in [0.15, 0.2) is 16.5 Å². The molecule has 1 atom stereocenters. The lowest BCUT2D eigenvalue weighted by Crippen LogP contribution is -2.60. The molecule has 1 saturated heterocycles. The van der Waals surface area contributed by atoms with Crippen molar-refractivity contribution < 1.29 is 14.0 Å². The fourth-order valence-electron chi connectivity index (χ4n) is 1.57. The van der Waals surface area contributed by atoms with Crippen LogP contribution in [0, 0.1) is 6.92 Å². The molecule has 0 spiro atoms. The van der Waals surface area contributed by atoms with E-state index >= 15 is 0 Å². The van der Waals surface area contributed by atoms with Crippen LogP contribution in [0.4, 0.5) is 0 Å². The Morgan fingerprint density at radius 2 is 2.07 bits per heavy atom. The third-order valence-corrected chi connectivity index (χ3v) is 2.48. The summed E-state index contributed by atoms with van der Waals surface area (Å²) in [6.45, 7) is 3.98. The summed E-state index contributed by atoms with van der Waals surface area (Å²) in [6, 6.07) is 3.62. The largest absolute Gasteiger partial charge is 0.464 e. The molecule has 0 aromatic carbocycles. The Morgan fingerprint density at radius 3 is 2.60 bits per heavy atom. The highest BCUT2D eigenvalue weighted by molar-refractivity contribution is 6.35. The normalized spacial score (nSPS) is 26.0. The molecule has 1 unspecified atom stereocenters. The lowest BCUT2D eigenvalue weighted by Gasteiger charge is -2.32. The molecule has 0 radical (unpaired) electrons. The molecule has 0 aliphatic carbocycles. The summed E-state index contributed by atoms with van der Waals surface area (Å²) < 4.78 is 5.44. The van der Waals surface area contributed by atoms with Crippen LogP contribution in [0.2, 0.25) is 0 Å². The van der Waals surface area contributed by atoms with Crippen LogP contribution < -0.4 is 10.6 Å². The highest BCUT2D eigenvalue weighted by Crippen LogP contribution is 2.23. The molecule has 1 aromatic rings. The van der Waals surface area contributed by atoms with Crippen molar-refractivity contribution in [3.05, 3.63) is 23.7 Å². The van der Waals surface area contributed by atoms with Crippen LogP contribution in [0.5, 0.6) is 0 Å². The van der Waals surface area contributed by atoms with Crippen LogP contribution >= 0.6 is 0 Å². The first-order valence-corrected chi connectivity index (χ1v) is 4.68. The lowest BCUT2D eigenvalue weighted by molar-refractivity contribution is -0.143. The number of hydrogen-bond donors (Lipinski definition) is 2. The van der Waals surface area contributed by atoms with Gasteiger partial charge in [0, 0.05) is 6.54 Å². The van der Waals surface area contributed by atoms with Gasteiger partial charge in [0.1, 0.15) is 17.1 Å². The Labute approximate surface area is 86.8 Å². The molecule has 2 heterocycles. The molecule has 0 bridgehead atoms. The van der Waals surface area contributed by atoms with E-state index in [4.69, 9.17) is 4.42 Å². The number of hydrogen-bond acceptors (Lipinski definition) is 3. The summed E-state index contributed by atoms with van der Waals surface area (Å²) in [6.07, 6.45) is 0. The van der Waals surface area contributed by atoms with E-state index in [0.717, 1.165) is 5.76 Å². The van der Waals surface area contributed by atoms with E-state index < -0.39 is 17.4 Å². The summed E-state index contributed by atoms with van der Waals surface area (Å²) in [4.78, 5) is 22.2. The van der Waals surface area contributed by atoms with Gasteiger partial charge in [-0.05, 0) is 26.0 Å². The molecule has 2 amide bonds. The molecule has 80 valence electrons. The van der Waals surface area contributed by atoms with Crippen LogP contribution in [0.1, 0.15) is 18.4 Å². The van der Waals surface area contributed by atoms with Gasteiger partial charge in [0.2, 0.25) is 0 Å². The summed E-state index contributed by atoms with van der Waals surface area (Å²) >= 11 is 0. The molecule has 1 aromatic heterocycles. The molecule has 2 N–H and O–H groups in total. The van der Waals surface area contributed by atoms with Crippen LogP contribution in [-0.4, -0.2) is 18.4 Å². The van der Waals surface area contributed by atoms with Gasteiger partial charge in [0.25, 0.3) is 0 Å². The number of piperazine rings is 1. The molecule has 5 nitrogen and oxygen atoms in total. The van der Waals surface area contributed by atoms with E-state index in [1.807, 2.05) is 19.9 Å². The van der Waals surface area contributed by atoms with Crippen molar-refractivity contribution >= 4 is 11.8 Å². The van der Waals surface area contributed by atoms with Gasteiger partial charge in [-0.25, -0.2) is 0 Å². The molecule has 2 rings (SSSR count). The Morgan fingerprint density at radius 1 is 1.33 bits per heavy atom. The van der Waals surface area contributed by atoms with Crippen LogP contribution in [0.3, 0.4) is 0 Å². The van der Waals surface area contributed by atoms with Gasteiger partial charge in [-0.2, -0.15) is 0 Å². The number of rotatable bonds is 1. The molecule has 1 fully saturated rings. The maximum atomic E-state index is 11.2. The zero-order valence-corrected chi connectivity index (χ0v) is 8.59. The second-order valence-electron chi connectivity index (χ2n) is 3.88.